The van der Waals surface area contributed by atoms with Crippen molar-refractivity contribution in [3.05, 3.63) is 171 Å². The lowest BCUT2D eigenvalue weighted by molar-refractivity contribution is 0.381. The van der Waals surface area contributed by atoms with Gasteiger partial charge in [0.2, 0.25) is 0 Å². The zero-order chi connectivity index (χ0) is 37.1. The predicted molar refractivity (Wildman–Crippen MR) is 215 cm³/mol. The van der Waals surface area contributed by atoms with Crippen molar-refractivity contribution in [1.29, 1.82) is 10.5 Å². The Hall–Kier alpha value is -5.88. The van der Waals surface area contributed by atoms with Crippen LogP contribution in [0.5, 0.6) is 0 Å². The van der Waals surface area contributed by atoms with Gasteiger partial charge in [-0.1, -0.05) is 113 Å². The van der Waals surface area contributed by atoms with Crippen LogP contribution in [-0.2, 0) is 22.1 Å². The summed E-state index contributed by atoms with van der Waals surface area (Å²) in [6.45, 7) is 12.5. The lowest BCUT2D eigenvalue weighted by Crippen LogP contribution is -2.40. The number of nitrogens with zero attached hydrogens (tertiary/aromatic N) is 4. The van der Waals surface area contributed by atoms with Crippen LogP contribution in [-0.4, -0.2) is 12.6 Å². The third-order valence-electron chi connectivity index (χ3n) is 13.1. The van der Waals surface area contributed by atoms with E-state index in [9.17, 15) is 10.5 Å². The standard InChI is InChI=1S/C49H42N4O/c1-47(2)37-14-6-10-18-41(37)52(42-19-11-7-15-38(42)47)27-31-23-33-34-24-32(49(5,29-51)25-36(34)46-45(54-46)35(33)22-30(31)26-50)28-53-43-20-12-8-16-39(43)48(3,4)40-17-9-13-21-44(40)53/h6-25,32,45-46H,27-28H2,1-5H3. The molecule has 5 heteroatoms. The first-order valence-electron chi connectivity index (χ1n) is 19.1. The lowest BCUT2D eigenvalue weighted by Gasteiger charge is -2.45. The quantitative estimate of drug-likeness (QED) is 0.174. The van der Waals surface area contributed by atoms with Crippen molar-refractivity contribution in [1.82, 2.24) is 0 Å². The maximum absolute atomic E-state index is 10.9. The molecule has 0 amide bonds. The van der Waals surface area contributed by atoms with Gasteiger partial charge in [0.05, 0.1) is 23.1 Å². The van der Waals surface area contributed by atoms with E-state index in [4.69, 9.17) is 4.74 Å². The minimum absolute atomic E-state index is 0.102. The number of fused-ring (bicyclic) bond motifs is 10. The number of epoxide rings is 1. The van der Waals surface area contributed by atoms with Crippen molar-refractivity contribution in [2.45, 2.75) is 64.2 Å². The van der Waals surface area contributed by atoms with Gasteiger partial charge in [-0.25, -0.2) is 0 Å². The van der Waals surface area contributed by atoms with Crippen LogP contribution in [0.3, 0.4) is 0 Å². The van der Waals surface area contributed by atoms with Crippen LogP contribution in [0.1, 0.15) is 85.2 Å². The van der Waals surface area contributed by atoms with Gasteiger partial charge < -0.3 is 14.5 Å². The molecular weight excluding hydrogens is 661 g/mol. The van der Waals surface area contributed by atoms with Crippen molar-refractivity contribution < 1.29 is 4.74 Å². The second-order valence-electron chi connectivity index (χ2n) is 16.9. The van der Waals surface area contributed by atoms with E-state index in [0.29, 0.717) is 18.7 Å². The van der Waals surface area contributed by atoms with Gasteiger partial charge in [0.15, 0.2) is 0 Å². The monoisotopic (exact) mass is 702 g/mol. The van der Waals surface area contributed by atoms with E-state index in [2.05, 4.69) is 178 Å². The molecule has 1 saturated heterocycles. The van der Waals surface area contributed by atoms with Gasteiger partial charge in [-0.3, -0.25) is 0 Å². The van der Waals surface area contributed by atoms with Gasteiger partial charge in [-0.2, -0.15) is 10.5 Å². The second kappa shape index (κ2) is 11.3. The number of benzene rings is 5. The molecule has 0 radical (unpaired) electrons. The van der Waals surface area contributed by atoms with E-state index in [0.717, 1.165) is 27.8 Å². The summed E-state index contributed by atoms with van der Waals surface area (Å²) in [6, 6.07) is 44.4. The Morgan fingerprint density at radius 2 is 1.15 bits per heavy atom. The second-order valence-corrected chi connectivity index (χ2v) is 16.9. The molecule has 0 N–H and O–H groups in total. The highest BCUT2D eigenvalue weighted by molar-refractivity contribution is 5.89. The van der Waals surface area contributed by atoms with Crippen molar-refractivity contribution in [2.75, 3.05) is 16.3 Å². The zero-order valence-electron chi connectivity index (χ0n) is 31.4. The highest BCUT2D eigenvalue weighted by Gasteiger charge is 2.53. The average Bonchev–Trinajstić information content (AvgIpc) is 4.00. The van der Waals surface area contributed by atoms with Gasteiger partial charge in [-0.15, -0.1) is 0 Å². The van der Waals surface area contributed by atoms with Crippen LogP contribution < -0.4 is 9.80 Å². The Kier molecular flexibility index (Phi) is 6.86. The van der Waals surface area contributed by atoms with Crippen LogP contribution in [0, 0.1) is 34.0 Å². The van der Waals surface area contributed by atoms with Crippen LogP contribution in [0.25, 0.3) is 5.57 Å². The fourth-order valence-corrected chi connectivity index (χ4v) is 10.0. The smallest absolute Gasteiger partial charge is 0.114 e. The molecule has 4 unspecified atom stereocenters. The summed E-state index contributed by atoms with van der Waals surface area (Å²) < 4.78 is 6.37. The summed E-state index contributed by atoms with van der Waals surface area (Å²) in [5, 5.41) is 21.5. The van der Waals surface area contributed by atoms with E-state index in [1.54, 1.807) is 0 Å². The number of hydrogen-bond acceptors (Lipinski definition) is 5. The number of para-hydroxylation sites is 4. The van der Waals surface area contributed by atoms with Crippen LogP contribution in [0.15, 0.2) is 127 Å². The van der Waals surface area contributed by atoms with Crippen LogP contribution >= 0.6 is 0 Å². The molecule has 10 rings (SSSR count). The maximum Gasteiger partial charge on any atom is 0.114 e. The minimum Gasteiger partial charge on any atom is -0.359 e. The fraction of sp³-hybridized carbons (Fsp3) is 0.265. The van der Waals surface area contributed by atoms with E-state index in [1.807, 2.05) is 0 Å². The van der Waals surface area contributed by atoms with Crippen LogP contribution in [0.2, 0.25) is 0 Å². The molecule has 0 spiro atoms. The highest BCUT2D eigenvalue weighted by Crippen LogP contribution is 2.59. The van der Waals surface area contributed by atoms with Crippen LogP contribution in [0.4, 0.5) is 22.7 Å². The Morgan fingerprint density at radius 1 is 0.648 bits per heavy atom. The summed E-state index contributed by atoms with van der Waals surface area (Å²) in [5.74, 6) is -0.117. The number of rotatable bonds is 4. The largest absolute Gasteiger partial charge is 0.359 e. The van der Waals surface area contributed by atoms with Gasteiger partial charge >= 0.3 is 0 Å². The maximum atomic E-state index is 10.9. The first kappa shape index (κ1) is 32.7. The van der Waals surface area contributed by atoms with Crippen molar-refractivity contribution in [3.8, 4) is 12.1 Å². The number of hydrogen-bond donors (Lipinski definition) is 0. The summed E-state index contributed by atoms with van der Waals surface area (Å²) in [5.41, 5.74) is 14.9. The van der Waals surface area contributed by atoms with E-state index in [1.165, 1.54) is 45.0 Å². The molecule has 54 heavy (non-hydrogen) atoms. The molecule has 5 aromatic rings. The molecule has 264 valence electrons. The fourth-order valence-electron chi connectivity index (χ4n) is 10.0. The highest BCUT2D eigenvalue weighted by atomic mass is 16.6. The predicted octanol–water partition coefficient (Wildman–Crippen LogP) is 10.9. The zero-order valence-corrected chi connectivity index (χ0v) is 31.4. The Morgan fingerprint density at radius 3 is 1.65 bits per heavy atom. The number of ether oxygens (including phenoxy) is 1. The summed E-state index contributed by atoms with van der Waals surface area (Å²) >= 11 is 0. The number of nitriles is 2. The molecule has 0 bridgehead atoms. The van der Waals surface area contributed by atoms with E-state index < -0.39 is 5.41 Å². The normalized spacial score (nSPS) is 24.4. The summed E-state index contributed by atoms with van der Waals surface area (Å²) in [6.07, 6.45) is 4.34. The Labute approximate surface area is 318 Å². The van der Waals surface area contributed by atoms with E-state index >= 15 is 0 Å². The van der Waals surface area contributed by atoms with Gasteiger partial charge in [0.25, 0.3) is 0 Å². The third-order valence-corrected chi connectivity index (χ3v) is 13.1. The topological polar surface area (TPSA) is 66.6 Å². The average molecular weight is 703 g/mol. The molecule has 1 fully saturated rings. The molecule has 5 nitrogen and oxygen atoms in total. The van der Waals surface area contributed by atoms with Crippen molar-refractivity contribution >= 4 is 28.3 Å². The third kappa shape index (κ3) is 4.52. The molecule has 3 aliphatic heterocycles. The molecule has 3 heterocycles. The molecule has 0 aromatic heterocycles. The molecule has 2 aliphatic carbocycles. The molecule has 5 aromatic carbocycles. The van der Waals surface area contributed by atoms with E-state index in [-0.39, 0.29) is 29.0 Å². The van der Waals surface area contributed by atoms with Gasteiger partial charge in [0.1, 0.15) is 12.2 Å². The van der Waals surface area contributed by atoms with Crippen molar-refractivity contribution in [3.63, 3.8) is 0 Å². The minimum atomic E-state index is -0.743. The number of allylic oxidation sites excluding steroid dienone is 1. The molecule has 4 atom stereocenters. The lowest BCUT2D eigenvalue weighted by atomic mass is 9.67. The SMILES string of the molecule is CC1(C)c2ccccc2N(Cc2cc3c(cc2C#N)C2OC2C2=CC(C)(C#N)C(CN4c5ccccc5C(C)(C)c5ccccc54)C=C23)c2ccccc21. The number of anilines is 4. The van der Waals surface area contributed by atoms with Gasteiger partial charge in [-0.05, 0) is 93.4 Å². The van der Waals surface area contributed by atoms with Gasteiger partial charge in [0, 0.05) is 52.6 Å². The Bertz CT molecular complexity index is 2480. The van der Waals surface area contributed by atoms with Crippen molar-refractivity contribution in [2.24, 2.45) is 11.3 Å². The Balaban J connectivity index is 1.09. The molecule has 5 aliphatic rings. The first-order chi connectivity index (χ1) is 26.0. The summed E-state index contributed by atoms with van der Waals surface area (Å²) in [4.78, 5) is 4.81. The molecular formula is C49H42N4O. The first-order valence-corrected chi connectivity index (χ1v) is 19.1. The summed E-state index contributed by atoms with van der Waals surface area (Å²) in [7, 11) is 0. The molecule has 0 saturated carbocycles.